The van der Waals surface area contributed by atoms with Gasteiger partial charge in [0.05, 0.1) is 7.11 Å². The van der Waals surface area contributed by atoms with E-state index in [9.17, 15) is 0 Å². The highest BCUT2D eigenvalue weighted by atomic mass is 16.5. The van der Waals surface area contributed by atoms with Gasteiger partial charge >= 0.3 is 7.12 Å². The normalized spacial score (nSPS) is 9.36. The van der Waals surface area contributed by atoms with E-state index in [2.05, 4.69) is 4.98 Å². The maximum atomic E-state index is 8.75. The lowest BCUT2D eigenvalue weighted by atomic mass is 9.85. The number of pyridine rings is 1. The highest BCUT2D eigenvalue weighted by Crippen LogP contribution is 2.02. The van der Waals surface area contributed by atoms with Crippen molar-refractivity contribution in [3.8, 4) is 5.75 Å². The van der Waals surface area contributed by atoms with Crippen LogP contribution < -0.4 is 10.3 Å². The molecule has 1 aromatic heterocycles. The van der Waals surface area contributed by atoms with Crippen LogP contribution in [0.3, 0.4) is 0 Å². The molecule has 0 amide bonds. The molecule has 5 heteroatoms. The van der Waals surface area contributed by atoms with Crippen LogP contribution in [0.15, 0.2) is 18.3 Å². The number of methoxy groups -OCH3 is 1. The van der Waals surface area contributed by atoms with Gasteiger partial charge in [-0.05, 0) is 12.1 Å². The van der Waals surface area contributed by atoms with Crippen LogP contribution in [-0.4, -0.2) is 29.3 Å². The molecule has 11 heavy (non-hydrogen) atoms. The Balaban J connectivity index is 3.02. The zero-order valence-electron chi connectivity index (χ0n) is 6.06. The fourth-order valence-corrected chi connectivity index (χ4v) is 0.769. The summed E-state index contributed by atoms with van der Waals surface area (Å²) in [4.78, 5) is 3.72. The van der Waals surface area contributed by atoms with Crippen LogP contribution in [0.25, 0.3) is 0 Å². The number of rotatable bonds is 2. The molecule has 0 unspecified atom stereocenters. The Kier molecular flexibility index (Phi) is 2.46. The zero-order chi connectivity index (χ0) is 8.27. The van der Waals surface area contributed by atoms with Gasteiger partial charge in [0, 0.05) is 6.20 Å². The van der Waals surface area contributed by atoms with Gasteiger partial charge in [-0.1, -0.05) is 0 Å². The topological polar surface area (TPSA) is 62.6 Å². The molecule has 0 radical (unpaired) electrons. The average molecular weight is 153 g/mol. The molecule has 0 saturated heterocycles. The third kappa shape index (κ3) is 1.69. The number of hydrogen-bond acceptors (Lipinski definition) is 4. The molecule has 0 aliphatic rings. The Morgan fingerprint density at radius 1 is 1.55 bits per heavy atom. The van der Waals surface area contributed by atoms with Crippen molar-refractivity contribution < 1.29 is 14.8 Å². The van der Waals surface area contributed by atoms with Crippen LogP contribution in [-0.2, 0) is 0 Å². The summed E-state index contributed by atoms with van der Waals surface area (Å²) in [5.74, 6) is 0.377. The van der Waals surface area contributed by atoms with Crippen molar-refractivity contribution in [2.45, 2.75) is 0 Å². The van der Waals surface area contributed by atoms with E-state index in [-0.39, 0.29) is 5.59 Å². The van der Waals surface area contributed by atoms with E-state index in [4.69, 9.17) is 14.8 Å². The first kappa shape index (κ1) is 8.04. The molecule has 0 aliphatic heterocycles. The summed E-state index contributed by atoms with van der Waals surface area (Å²) in [6, 6.07) is 3.27. The van der Waals surface area contributed by atoms with Gasteiger partial charge in [-0.25, -0.2) is 0 Å². The van der Waals surface area contributed by atoms with Crippen LogP contribution in [0.1, 0.15) is 0 Å². The second-order valence-electron chi connectivity index (χ2n) is 1.96. The van der Waals surface area contributed by atoms with Crippen LogP contribution >= 0.6 is 0 Å². The molecule has 0 atom stereocenters. The van der Waals surface area contributed by atoms with Crippen molar-refractivity contribution in [1.29, 1.82) is 0 Å². The molecule has 0 bridgehead atoms. The summed E-state index contributed by atoms with van der Waals surface area (Å²) < 4.78 is 4.82. The van der Waals surface area contributed by atoms with Crippen molar-refractivity contribution in [1.82, 2.24) is 4.98 Å². The van der Waals surface area contributed by atoms with Crippen molar-refractivity contribution in [3.05, 3.63) is 18.3 Å². The fraction of sp³-hybridized carbons (Fsp3) is 0.167. The average Bonchev–Trinajstić information content (AvgIpc) is 2.04. The first-order chi connectivity index (χ1) is 5.25. The molecular weight excluding hydrogens is 145 g/mol. The predicted molar refractivity (Wildman–Crippen MR) is 40.6 cm³/mol. The van der Waals surface area contributed by atoms with Gasteiger partial charge in [0.2, 0.25) is 0 Å². The minimum atomic E-state index is -1.58. The standard InChI is InChI=1S/C6H8BNO3/c1-11-5-3-2-4-8-6(5)7(9)10/h2-4,9-10H,1H3. The van der Waals surface area contributed by atoms with Gasteiger partial charge < -0.3 is 14.8 Å². The molecule has 1 rings (SSSR count). The van der Waals surface area contributed by atoms with Crippen molar-refractivity contribution in [2.24, 2.45) is 0 Å². The van der Waals surface area contributed by atoms with E-state index in [1.165, 1.54) is 13.3 Å². The lowest BCUT2D eigenvalue weighted by Gasteiger charge is -2.04. The van der Waals surface area contributed by atoms with Crippen molar-refractivity contribution in [3.63, 3.8) is 0 Å². The quantitative estimate of drug-likeness (QED) is 0.522. The summed E-state index contributed by atoms with van der Waals surface area (Å²) in [7, 11) is -0.130. The molecule has 2 N–H and O–H groups in total. The monoisotopic (exact) mass is 153 g/mol. The number of nitrogens with zero attached hydrogens (tertiary/aromatic N) is 1. The maximum Gasteiger partial charge on any atom is 0.512 e. The SMILES string of the molecule is COc1cccnc1B(O)O. The van der Waals surface area contributed by atoms with Crippen LogP contribution in [0, 0.1) is 0 Å². The Morgan fingerprint density at radius 3 is 2.73 bits per heavy atom. The third-order valence-corrected chi connectivity index (χ3v) is 1.26. The smallest absolute Gasteiger partial charge is 0.496 e. The second kappa shape index (κ2) is 3.36. The summed E-state index contributed by atoms with van der Waals surface area (Å²) in [5.41, 5.74) is 0.134. The maximum absolute atomic E-state index is 8.75. The van der Waals surface area contributed by atoms with Gasteiger partial charge in [-0.2, -0.15) is 0 Å². The molecule has 4 nitrogen and oxygen atoms in total. The fourth-order valence-electron chi connectivity index (χ4n) is 0.769. The van der Waals surface area contributed by atoms with E-state index in [0.717, 1.165) is 0 Å². The Hall–Kier alpha value is -1.07. The molecule has 58 valence electrons. The van der Waals surface area contributed by atoms with E-state index >= 15 is 0 Å². The highest BCUT2D eigenvalue weighted by molar-refractivity contribution is 6.58. The molecule has 0 saturated carbocycles. The molecule has 1 heterocycles. The van der Waals surface area contributed by atoms with Gasteiger partial charge in [0.1, 0.15) is 11.3 Å². The second-order valence-corrected chi connectivity index (χ2v) is 1.96. The van der Waals surface area contributed by atoms with Gasteiger partial charge in [0.25, 0.3) is 0 Å². The molecule has 0 aromatic carbocycles. The summed E-state index contributed by atoms with van der Waals surface area (Å²) in [6.07, 6.45) is 1.47. The molecule has 1 aromatic rings. The Morgan fingerprint density at radius 2 is 2.27 bits per heavy atom. The van der Waals surface area contributed by atoms with Crippen LogP contribution in [0.4, 0.5) is 0 Å². The van der Waals surface area contributed by atoms with Gasteiger partial charge in [-0.3, -0.25) is 4.98 Å². The molecule has 0 fully saturated rings. The first-order valence-electron chi connectivity index (χ1n) is 3.10. The van der Waals surface area contributed by atoms with Crippen LogP contribution in [0.2, 0.25) is 0 Å². The largest absolute Gasteiger partial charge is 0.512 e. The molecular formula is C6H8BNO3. The van der Waals surface area contributed by atoms with E-state index in [1.807, 2.05) is 0 Å². The van der Waals surface area contributed by atoms with Gasteiger partial charge in [-0.15, -0.1) is 0 Å². The summed E-state index contributed by atoms with van der Waals surface area (Å²) in [5, 5.41) is 17.5. The lowest BCUT2D eigenvalue weighted by Crippen LogP contribution is -2.33. The highest BCUT2D eigenvalue weighted by Gasteiger charge is 2.17. The first-order valence-corrected chi connectivity index (χ1v) is 3.10. The predicted octanol–water partition coefficient (Wildman–Crippen LogP) is -1.23. The van der Waals surface area contributed by atoms with Gasteiger partial charge in [0.15, 0.2) is 0 Å². The molecule has 0 spiro atoms. The number of aromatic nitrogens is 1. The minimum Gasteiger partial charge on any atom is -0.496 e. The van der Waals surface area contributed by atoms with E-state index < -0.39 is 7.12 Å². The number of hydrogen-bond donors (Lipinski definition) is 2. The van der Waals surface area contributed by atoms with E-state index in [1.54, 1.807) is 12.1 Å². The molecule has 0 aliphatic carbocycles. The zero-order valence-corrected chi connectivity index (χ0v) is 6.06. The lowest BCUT2D eigenvalue weighted by molar-refractivity contribution is 0.400. The Bertz CT molecular complexity index is 241. The summed E-state index contributed by atoms with van der Waals surface area (Å²) >= 11 is 0. The van der Waals surface area contributed by atoms with Crippen molar-refractivity contribution >= 4 is 12.7 Å². The van der Waals surface area contributed by atoms with Crippen molar-refractivity contribution in [2.75, 3.05) is 7.11 Å². The minimum absolute atomic E-state index is 0.134. The van der Waals surface area contributed by atoms with Crippen LogP contribution in [0.5, 0.6) is 5.75 Å². The third-order valence-electron chi connectivity index (χ3n) is 1.26. The Labute approximate surface area is 64.6 Å². The summed E-state index contributed by atoms with van der Waals surface area (Å²) in [6.45, 7) is 0. The van der Waals surface area contributed by atoms with E-state index in [0.29, 0.717) is 5.75 Å². The number of ether oxygens (including phenoxy) is 1.